The van der Waals surface area contributed by atoms with Crippen molar-refractivity contribution >= 4 is 21.6 Å². The van der Waals surface area contributed by atoms with Crippen LogP contribution in [0.4, 0.5) is 0 Å². The molecule has 178 valence electrons. The van der Waals surface area contributed by atoms with E-state index in [4.69, 9.17) is 14.5 Å². The molecule has 0 fully saturated rings. The maximum atomic E-state index is 13.1. The molecule has 34 heavy (non-hydrogen) atoms. The van der Waals surface area contributed by atoms with Crippen molar-refractivity contribution in [2.75, 3.05) is 26.9 Å². The number of fused-ring (bicyclic) bond motifs is 1. The number of aliphatic hydroxyl groups is 1. The van der Waals surface area contributed by atoms with Crippen molar-refractivity contribution in [3.63, 3.8) is 0 Å². The average Bonchev–Trinajstić information content (AvgIpc) is 3.27. The smallest absolute Gasteiger partial charge is 0.260 e. The fourth-order valence-electron chi connectivity index (χ4n) is 3.98. The van der Waals surface area contributed by atoms with Crippen LogP contribution in [0.2, 0.25) is 0 Å². The van der Waals surface area contributed by atoms with Crippen LogP contribution in [-0.2, 0) is 17.8 Å². The lowest BCUT2D eigenvalue weighted by atomic mass is 10.1. The third kappa shape index (κ3) is 5.71. The van der Waals surface area contributed by atoms with E-state index in [0.29, 0.717) is 48.0 Å². The van der Waals surface area contributed by atoms with Crippen molar-refractivity contribution in [1.82, 2.24) is 14.9 Å². The number of H-pyrrole nitrogens is 1. The largest absolute Gasteiger partial charge is 0.496 e. The van der Waals surface area contributed by atoms with Gasteiger partial charge in [-0.25, -0.2) is 4.98 Å². The zero-order chi connectivity index (χ0) is 23.9. The predicted octanol–water partition coefficient (Wildman–Crippen LogP) is 4.06. The Kier molecular flexibility index (Phi) is 8.08. The van der Waals surface area contributed by atoms with Gasteiger partial charge in [-0.05, 0) is 18.6 Å². The molecule has 0 aliphatic carbocycles. The number of rotatable bonds is 11. The molecule has 2 N–H and O–H groups in total. The van der Waals surface area contributed by atoms with Gasteiger partial charge in [0.25, 0.3) is 5.56 Å². The van der Waals surface area contributed by atoms with Crippen LogP contribution in [0.5, 0.6) is 5.75 Å². The van der Waals surface area contributed by atoms with E-state index in [0.717, 1.165) is 16.7 Å². The number of ether oxygens (including phenoxy) is 2. The Hall–Kier alpha value is -3.04. The van der Waals surface area contributed by atoms with E-state index in [1.54, 1.807) is 7.11 Å². The monoisotopic (exact) mass is 479 g/mol. The summed E-state index contributed by atoms with van der Waals surface area (Å²) in [6, 6.07) is 17.7. The highest BCUT2D eigenvalue weighted by Gasteiger charge is 2.18. The summed E-state index contributed by atoms with van der Waals surface area (Å²) in [7, 11) is 1.62. The minimum atomic E-state index is -0.641. The number of aliphatic hydroxyl groups excluding tert-OH is 1. The van der Waals surface area contributed by atoms with Gasteiger partial charge < -0.3 is 19.6 Å². The van der Waals surface area contributed by atoms with Crippen LogP contribution >= 0.6 is 11.3 Å². The Morgan fingerprint density at radius 2 is 1.85 bits per heavy atom. The number of hydrogen-bond donors (Lipinski definition) is 2. The minimum absolute atomic E-state index is 0.184. The van der Waals surface area contributed by atoms with Gasteiger partial charge in [0, 0.05) is 36.2 Å². The molecule has 4 rings (SSSR count). The van der Waals surface area contributed by atoms with E-state index in [9.17, 15) is 9.90 Å². The molecule has 0 bridgehead atoms. The van der Waals surface area contributed by atoms with Crippen LogP contribution in [0.15, 0.2) is 64.8 Å². The van der Waals surface area contributed by atoms with Crippen molar-refractivity contribution in [1.29, 1.82) is 0 Å². The van der Waals surface area contributed by atoms with Gasteiger partial charge in [-0.15, -0.1) is 11.3 Å². The fraction of sp³-hybridized carbons (Fsp3) is 0.308. The van der Waals surface area contributed by atoms with E-state index in [2.05, 4.69) is 9.88 Å². The van der Waals surface area contributed by atoms with Crippen molar-refractivity contribution < 1.29 is 14.6 Å². The molecular weight excluding hydrogens is 450 g/mol. The molecule has 0 aliphatic rings. The normalized spacial score (nSPS) is 12.4. The Morgan fingerprint density at radius 1 is 1.09 bits per heavy atom. The summed E-state index contributed by atoms with van der Waals surface area (Å²) in [6.45, 7) is 4.12. The van der Waals surface area contributed by atoms with Gasteiger partial charge in [0.1, 0.15) is 16.4 Å². The van der Waals surface area contributed by atoms with Crippen molar-refractivity contribution in [2.24, 2.45) is 0 Å². The van der Waals surface area contributed by atoms with E-state index >= 15 is 0 Å². The van der Waals surface area contributed by atoms with Gasteiger partial charge >= 0.3 is 0 Å². The first-order valence-electron chi connectivity index (χ1n) is 11.2. The van der Waals surface area contributed by atoms with Crippen LogP contribution in [0.25, 0.3) is 21.3 Å². The molecular formula is C26H29N3O4S. The molecule has 4 aromatic rings. The summed E-state index contributed by atoms with van der Waals surface area (Å²) in [5.74, 6) is 1.27. The van der Waals surface area contributed by atoms with E-state index in [1.165, 1.54) is 11.3 Å². The fourth-order valence-corrected chi connectivity index (χ4v) is 4.93. The number of nitrogens with one attached hydrogen (secondary N) is 1. The average molecular weight is 480 g/mol. The van der Waals surface area contributed by atoms with E-state index in [1.807, 2.05) is 66.9 Å². The molecule has 0 saturated carbocycles. The number of nitrogens with zero attached hydrogens (tertiary/aromatic N) is 2. The zero-order valence-electron chi connectivity index (χ0n) is 19.4. The van der Waals surface area contributed by atoms with E-state index in [-0.39, 0.29) is 12.2 Å². The van der Waals surface area contributed by atoms with Gasteiger partial charge in [-0.1, -0.05) is 48.5 Å². The highest BCUT2D eigenvalue weighted by molar-refractivity contribution is 7.17. The number of aromatic amines is 1. The summed E-state index contributed by atoms with van der Waals surface area (Å²) in [4.78, 5) is 23.6. The number of benzene rings is 2. The lowest BCUT2D eigenvalue weighted by Gasteiger charge is -2.24. The van der Waals surface area contributed by atoms with Crippen LogP contribution in [0, 0.1) is 0 Å². The van der Waals surface area contributed by atoms with Crippen molar-refractivity contribution in [2.45, 2.75) is 26.1 Å². The second kappa shape index (κ2) is 11.4. The molecule has 0 aliphatic heterocycles. The Bertz CT molecular complexity index is 1270. The van der Waals surface area contributed by atoms with Gasteiger partial charge in [-0.3, -0.25) is 9.69 Å². The first-order chi connectivity index (χ1) is 16.6. The quantitative estimate of drug-likeness (QED) is 0.337. The highest BCUT2D eigenvalue weighted by Crippen LogP contribution is 2.36. The first-order valence-corrected chi connectivity index (χ1v) is 12.1. The maximum Gasteiger partial charge on any atom is 0.260 e. The summed E-state index contributed by atoms with van der Waals surface area (Å²) >= 11 is 1.44. The number of hydrogen-bond acceptors (Lipinski definition) is 7. The Morgan fingerprint density at radius 3 is 2.62 bits per heavy atom. The third-order valence-electron chi connectivity index (χ3n) is 5.50. The Balaban J connectivity index is 1.62. The molecule has 0 unspecified atom stereocenters. The number of aromatic nitrogens is 2. The SMILES string of the molecule is CCOC[C@@H](O)CN(Cc1ccccc1)Cc1nc2scc(-c3ccccc3OC)c2c(=O)[nH]1. The van der Waals surface area contributed by atoms with Gasteiger partial charge in [0.15, 0.2) is 0 Å². The summed E-state index contributed by atoms with van der Waals surface area (Å²) in [5, 5.41) is 12.9. The molecule has 0 amide bonds. The van der Waals surface area contributed by atoms with E-state index < -0.39 is 6.10 Å². The molecule has 0 radical (unpaired) electrons. The molecule has 1 atom stereocenters. The van der Waals surface area contributed by atoms with Gasteiger partial charge in [0.05, 0.1) is 31.8 Å². The van der Waals surface area contributed by atoms with Gasteiger partial charge in [0.2, 0.25) is 0 Å². The molecule has 0 spiro atoms. The number of thiophene rings is 1. The molecule has 2 aromatic carbocycles. The third-order valence-corrected chi connectivity index (χ3v) is 6.37. The maximum absolute atomic E-state index is 13.1. The Labute approximate surface area is 202 Å². The summed E-state index contributed by atoms with van der Waals surface area (Å²) in [5.41, 5.74) is 2.60. The highest BCUT2D eigenvalue weighted by atomic mass is 32.1. The predicted molar refractivity (Wildman–Crippen MR) is 135 cm³/mol. The molecule has 2 heterocycles. The topological polar surface area (TPSA) is 87.7 Å². The first kappa shape index (κ1) is 24.1. The van der Waals surface area contributed by atoms with Gasteiger partial charge in [-0.2, -0.15) is 0 Å². The molecule has 8 heteroatoms. The second-order valence-electron chi connectivity index (χ2n) is 8.01. The standard InChI is InChI=1S/C26H29N3O4S/c1-3-33-16-19(30)14-29(13-18-9-5-4-6-10-18)15-23-27-25(31)24-21(17-34-26(24)28-23)20-11-7-8-12-22(20)32-2/h4-12,17,19,30H,3,13-16H2,1-2H3,(H,27,28,31)/t19-/m0/s1. The van der Waals surface area contributed by atoms with Crippen molar-refractivity contribution in [3.05, 3.63) is 81.7 Å². The zero-order valence-corrected chi connectivity index (χ0v) is 20.2. The minimum Gasteiger partial charge on any atom is -0.496 e. The second-order valence-corrected chi connectivity index (χ2v) is 8.87. The molecule has 2 aromatic heterocycles. The van der Waals surface area contributed by atoms with Crippen LogP contribution in [-0.4, -0.2) is 52.9 Å². The van der Waals surface area contributed by atoms with Crippen LogP contribution in [0.3, 0.4) is 0 Å². The summed E-state index contributed by atoms with van der Waals surface area (Å²) in [6.07, 6.45) is -0.641. The van der Waals surface area contributed by atoms with Crippen LogP contribution < -0.4 is 10.3 Å². The van der Waals surface area contributed by atoms with Crippen molar-refractivity contribution in [3.8, 4) is 16.9 Å². The lowest BCUT2D eigenvalue weighted by Crippen LogP contribution is -2.35. The number of methoxy groups -OCH3 is 1. The number of para-hydroxylation sites is 1. The summed E-state index contributed by atoms with van der Waals surface area (Å²) < 4.78 is 10.9. The van der Waals surface area contributed by atoms with Crippen LogP contribution in [0.1, 0.15) is 18.3 Å². The molecule has 0 saturated heterocycles. The lowest BCUT2D eigenvalue weighted by molar-refractivity contribution is 0.0175. The molecule has 7 nitrogen and oxygen atoms in total.